The van der Waals surface area contributed by atoms with Gasteiger partial charge in [0, 0.05) is 12.4 Å². The SMILES string of the molecule is O=C1Nc2nccnc2CCC1I. The van der Waals surface area contributed by atoms with E-state index < -0.39 is 0 Å². The molecule has 1 amide bonds. The zero-order valence-electron chi connectivity index (χ0n) is 6.83. The average Bonchev–Trinajstić information content (AvgIpc) is 2.28. The maximum Gasteiger partial charge on any atom is 0.238 e. The van der Waals surface area contributed by atoms with Crippen molar-refractivity contribution < 1.29 is 4.79 Å². The van der Waals surface area contributed by atoms with Crippen LogP contribution in [0.3, 0.4) is 0 Å². The van der Waals surface area contributed by atoms with Gasteiger partial charge in [0.2, 0.25) is 5.91 Å². The maximum absolute atomic E-state index is 11.4. The van der Waals surface area contributed by atoms with Crippen molar-refractivity contribution in [2.75, 3.05) is 5.32 Å². The first-order chi connectivity index (χ1) is 6.27. The molecule has 2 heterocycles. The Morgan fingerprint density at radius 2 is 2.23 bits per heavy atom. The standard InChI is InChI=1S/C8H8IN3O/c9-5-1-2-6-7(12-8(5)13)11-4-3-10-6/h3-5H,1-2H2,(H,11,12,13). The van der Waals surface area contributed by atoms with Gasteiger partial charge in [-0.05, 0) is 12.8 Å². The Labute approximate surface area is 89.3 Å². The molecule has 1 unspecified atom stereocenters. The zero-order valence-corrected chi connectivity index (χ0v) is 8.98. The van der Waals surface area contributed by atoms with Crippen LogP contribution < -0.4 is 5.32 Å². The van der Waals surface area contributed by atoms with E-state index in [1.54, 1.807) is 12.4 Å². The fourth-order valence-electron chi connectivity index (χ4n) is 1.24. The molecule has 0 saturated carbocycles. The lowest BCUT2D eigenvalue weighted by molar-refractivity contribution is -0.115. The van der Waals surface area contributed by atoms with Crippen LogP contribution in [0, 0.1) is 0 Å². The molecule has 1 aromatic rings. The summed E-state index contributed by atoms with van der Waals surface area (Å²) in [7, 11) is 0. The van der Waals surface area contributed by atoms with Gasteiger partial charge in [-0.3, -0.25) is 9.78 Å². The van der Waals surface area contributed by atoms with Gasteiger partial charge in [-0.2, -0.15) is 0 Å². The first-order valence-corrected chi connectivity index (χ1v) is 5.27. The maximum atomic E-state index is 11.4. The number of carbonyl (C=O) groups is 1. The minimum absolute atomic E-state index is 0.0219. The number of alkyl halides is 1. The van der Waals surface area contributed by atoms with Crippen LogP contribution in [0.1, 0.15) is 12.1 Å². The molecule has 4 nitrogen and oxygen atoms in total. The van der Waals surface area contributed by atoms with Crippen LogP contribution >= 0.6 is 22.6 Å². The third-order valence-corrected chi connectivity index (χ3v) is 3.12. The minimum atomic E-state index is 0.0219. The Bertz CT molecular complexity index is 342. The van der Waals surface area contributed by atoms with Gasteiger partial charge in [-0.1, -0.05) is 22.6 Å². The lowest BCUT2D eigenvalue weighted by Gasteiger charge is -2.03. The van der Waals surface area contributed by atoms with Gasteiger partial charge in [0.15, 0.2) is 5.82 Å². The molecular weight excluding hydrogens is 281 g/mol. The summed E-state index contributed by atoms with van der Waals surface area (Å²) < 4.78 is 0.0219. The molecule has 0 radical (unpaired) electrons. The predicted octanol–water partition coefficient (Wildman–Crippen LogP) is 1.16. The van der Waals surface area contributed by atoms with Gasteiger partial charge in [0.25, 0.3) is 0 Å². The van der Waals surface area contributed by atoms with Crippen molar-refractivity contribution in [3.63, 3.8) is 0 Å². The highest BCUT2D eigenvalue weighted by molar-refractivity contribution is 14.1. The van der Waals surface area contributed by atoms with Crippen molar-refractivity contribution >= 4 is 34.3 Å². The topological polar surface area (TPSA) is 54.9 Å². The van der Waals surface area contributed by atoms with Crippen LogP contribution in [0.2, 0.25) is 0 Å². The van der Waals surface area contributed by atoms with E-state index in [0.29, 0.717) is 5.82 Å². The molecule has 1 aliphatic heterocycles. The van der Waals surface area contributed by atoms with E-state index in [-0.39, 0.29) is 9.83 Å². The van der Waals surface area contributed by atoms with Gasteiger partial charge >= 0.3 is 0 Å². The van der Waals surface area contributed by atoms with Crippen molar-refractivity contribution in [1.29, 1.82) is 0 Å². The number of amides is 1. The zero-order chi connectivity index (χ0) is 9.26. The largest absolute Gasteiger partial charge is 0.308 e. The Balaban J connectivity index is 2.35. The molecule has 0 bridgehead atoms. The first-order valence-electron chi connectivity index (χ1n) is 4.02. The van der Waals surface area contributed by atoms with E-state index in [4.69, 9.17) is 0 Å². The molecule has 0 aliphatic carbocycles. The molecule has 0 fully saturated rings. The van der Waals surface area contributed by atoms with Gasteiger partial charge in [0.1, 0.15) is 0 Å². The lowest BCUT2D eigenvalue weighted by atomic mass is 10.2. The summed E-state index contributed by atoms with van der Waals surface area (Å²) in [5.41, 5.74) is 0.884. The minimum Gasteiger partial charge on any atom is -0.308 e. The number of aryl methyl sites for hydroxylation is 1. The summed E-state index contributed by atoms with van der Waals surface area (Å²) in [5.74, 6) is 0.645. The number of halogens is 1. The molecule has 5 heteroatoms. The average molecular weight is 289 g/mol. The number of carbonyl (C=O) groups excluding carboxylic acids is 1. The third-order valence-electron chi connectivity index (χ3n) is 1.93. The predicted molar refractivity (Wildman–Crippen MR) is 56.8 cm³/mol. The molecule has 68 valence electrons. The highest BCUT2D eigenvalue weighted by atomic mass is 127. The number of hydrogen-bond donors (Lipinski definition) is 1. The first kappa shape index (κ1) is 8.86. The van der Waals surface area contributed by atoms with Crippen molar-refractivity contribution in [3.05, 3.63) is 18.1 Å². The number of nitrogens with one attached hydrogen (secondary N) is 1. The van der Waals surface area contributed by atoms with Crippen molar-refractivity contribution in [1.82, 2.24) is 9.97 Å². The number of hydrogen-bond acceptors (Lipinski definition) is 3. The molecule has 1 N–H and O–H groups in total. The number of nitrogens with zero attached hydrogens (tertiary/aromatic N) is 2. The Kier molecular flexibility index (Phi) is 2.43. The second-order valence-corrected chi connectivity index (χ2v) is 4.35. The summed E-state index contributed by atoms with van der Waals surface area (Å²) in [6.07, 6.45) is 4.89. The van der Waals surface area contributed by atoms with Crippen LogP contribution in [0.4, 0.5) is 5.82 Å². The smallest absolute Gasteiger partial charge is 0.238 e. The molecule has 1 aliphatic rings. The van der Waals surface area contributed by atoms with Gasteiger partial charge in [0.05, 0.1) is 9.62 Å². The summed E-state index contributed by atoms with van der Waals surface area (Å²) in [4.78, 5) is 19.6. The van der Waals surface area contributed by atoms with Gasteiger partial charge in [-0.15, -0.1) is 0 Å². The number of aromatic nitrogens is 2. The van der Waals surface area contributed by atoms with Crippen molar-refractivity contribution in [2.24, 2.45) is 0 Å². The molecule has 2 rings (SSSR count). The highest BCUT2D eigenvalue weighted by Gasteiger charge is 2.21. The molecule has 1 aromatic heterocycles. The molecule has 1 atom stereocenters. The van der Waals surface area contributed by atoms with Gasteiger partial charge < -0.3 is 5.32 Å². The van der Waals surface area contributed by atoms with E-state index >= 15 is 0 Å². The molecule has 0 aromatic carbocycles. The van der Waals surface area contributed by atoms with Gasteiger partial charge in [-0.25, -0.2) is 4.98 Å². The van der Waals surface area contributed by atoms with Crippen LogP contribution in [-0.4, -0.2) is 19.8 Å². The fraction of sp³-hybridized carbons (Fsp3) is 0.375. The van der Waals surface area contributed by atoms with Crippen LogP contribution in [0.5, 0.6) is 0 Å². The Morgan fingerprint density at radius 1 is 1.46 bits per heavy atom. The number of rotatable bonds is 0. The molecular formula is C8H8IN3O. The monoisotopic (exact) mass is 289 g/mol. The van der Waals surface area contributed by atoms with E-state index in [0.717, 1.165) is 18.5 Å². The van der Waals surface area contributed by atoms with E-state index in [1.165, 1.54) is 0 Å². The normalized spacial score (nSPS) is 21.6. The molecule has 0 spiro atoms. The quantitative estimate of drug-likeness (QED) is 0.576. The third kappa shape index (κ3) is 1.79. The Hall–Kier alpha value is -0.720. The summed E-state index contributed by atoms with van der Waals surface area (Å²) >= 11 is 2.14. The second-order valence-electron chi connectivity index (χ2n) is 2.85. The van der Waals surface area contributed by atoms with Crippen LogP contribution in [0.25, 0.3) is 0 Å². The molecule has 13 heavy (non-hydrogen) atoms. The second kappa shape index (κ2) is 3.57. The number of anilines is 1. The fourth-order valence-corrected chi connectivity index (χ4v) is 1.71. The van der Waals surface area contributed by atoms with E-state index in [1.807, 2.05) is 0 Å². The Morgan fingerprint density at radius 3 is 3.08 bits per heavy atom. The summed E-state index contributed by atoms with van der Waals surface area (Å²) in [5, 5.41) is 2.75. The van der Waals surface area contributed by atoms with Crippen molar-refractivity contribution in [3.8, 4) is 0 Å². The van der Waals surface area contributed by atoms with Crippen molar-refractivity contribution in [2.45, 2.75) is 16.8 Å². The number of fused-ring (bicyclic) bond motifs is 1. The van der Waals surface area contributed by atoms with Crippen LogP contribution in [-0.2, 0) is 11.2 Å². The van der Waals surface area contributed by atoms with E-state index in [9.17, 15) is 4.79 Å². The summed E-state index contributed by atoms with van der Waals surface area (Å²) in [6.45, 7) is 0. The lowest BCUT2D eigenvalue weighted by Crippen LogP contribution is -2.21. The van der Waals surface area contributed by atoms with E-state index in [2.05, 4.69) is 37.9 Å². The van der Waals surface area contributed by atoms with Crippen LogP contribution in [0.15, 0.2) is 12.4 Å². The summed E-state index contributed by atoms with van der Waals surface area (Å²) in [6, 6.07) is 0. The molecule has 0 saturated heterocycles. The highest BCUT2D eigenvalue weighted by Crippen LogP contribution is 2.20.